The highest BCUT2D eigenvalue weighted by Crippen LogP contribution is 2.29. The first kappa shape index (κ1) is 15.5. The highest BCUT2D eigenvalue weighted by atomic mass is 79.9. The first-order valence-electron chi connectivity index (χ1n) is 6.39. The van der Waals surface area contributed by atoms with Gasteiger partial charge in [0.15, 0.2) is 5.75 Å². The number of halogens is 1. The number of hydrogen-bond donors (Lipinski definition) is 1. The SMILES string of the molecule is CNCc1ccc(OCc2cccc(Br)c2)c([N+](=O)[O-])c1. The van der Waals surface area contributed by atoms with Crippen molar-refractivity contribution in [2.24, 2.45) is 0 Å². The van der Waals surface area contributed by atoms with Crippen LogP contribution in [0.15, 0.2) is 46.9 Å². The molecule has 0 saturated heterocycles. The minimum absolute atomic E-state index is 0.0160. The van der Waals surface area contributed by atoms with E-state index in [1.54, 1.807) is 13.1 Å². The van der Waals surface area contributed by atoms with Crippen LogP contribution in [-0.4, -0.2) is 12.0 Å². The van der Waals surface area contributed by atoms with Gasteiger partial charge in [0.2, 0.25) is 0 Å². The van der Waals surface area contributed by atoms with Crippen molar-refractivity contribution in [2.45, 2.75) is 13.2 Å². The lowest BCUT2D eigenvalue weighted by Crippen LogP contribution is -2.06. The Labute approximate surface area is 131 Å². The van der Waals surface area contributed by atoms with Gasteiger partial charge >= 0.3 is 5.69 Å². The van der Waals surface area contributed by atoms with Crippen LogP contribution in [0, 0.1) is 10.1 Å². The Bertz CT molecular complexity index is 647. The fourth-order valence-corrected chi connectivity index (χ4v) is 2.38. The maximum absolute atomic E-state index is 11.1. The van der Waals surface area contributed by atoms with E-state index in [4.69, 9.17) is 4.74 Å². The van der Waals surface area contributed by atoms with E-state index in [1.807, 2.05) is 30.3 Å². The average Bonchev–Trinajstić information content (AvgIpc) is 2.46. The second-order valence-electron chi connectivity index (χ2n) is 4.51. The topological polar surface area (TPSA) is 64.4 Å². The maximum Gasteiger partial charge on any atom is 0.311 e. The first-order valence-corrected chi connectivity index (χ1v) is 7.18. The van der Waals surface area contributed by atoms with Gasteiger partial charge in [0.25, 0.3) is 0 Å². The molecule has 0 radical (unpaired) electrons. The first-order chi connectivity index (χ1) is 10.1. The Morgan fingerprint density at radius 2 is 2.05 bits per heavy atom. The summed E-state index contributed by atoms with van der Waals surface area (Å²) < 4.78 is 6.54. The van der Waals surface area contributed by atoms with Crippen molar-refractivity contribution in [1.82, 2.24) is 5.32 Å². The number of nitro groups is 1. The summed E-state index contributed by atoms with van der Waals surface area (Å²) in [6, 6.07) is 12.6. The second-order valence-corrected chi connectivity index (χ2v) is 5.42. The van der Waals surface area contributed by atoms with Crippen LogP contribution in [0.4, 0.5) is 5.69 Å². The summed E-state index contributed by atoms with van der Waals surface area (Å²) in [6.45, 7) is 0.860. The molecule has 2 aromatic carbocycles. The fraction of sp³-hybridized carbons (Fsp3) is 0.200. The standard InChI is InChI=1S/C15H15BrN2O3/c1-17-9-11-5-6-15(14(8-11)18(19)20)21-10-12-3-2-4-13(16)7-12/h2-8,17H,9-10H2,1H3. The second kappa shape index (κ2) is 7.19. The molecule has 0 bridgehead atoms. The van der Waals surface area contributed by atoms with Gasteiger partial charge in [-0.1, -0.05) is 34.1 Å². The van der Waals surface area contributed by atoms with Crippen molar-refractivity contribution in [3.8, 4) is 5.75 Å². The molecule has 2 rings (SSSR count). The molecule has 0 aliphatic carbocycles. The van der Waals surface area contributed by atoms with Crippen LogP contribution in [0.25, 0.3) is 0 Å². The molecule has 0 spiro atoms. The molecule has 0 fully saturated rings. The predicted octanol–water partition coefficient (Wildman–Crippen LogP) is 3.66. The molecule has 0 unspecified atom stereocenters. The lowest BCUT2D eigenvalue weighted by Gasteiger charge is -2.08. The van der Waals surface area contributed by atoms with Crippen molar-refractivity contribution in [2.75, 3.05) is 7.05 Å². The van der Waals surface area contributed by atoms with Gasteiger partial charge in [-0.25, -0.2) is 0 Å². The summed E-state index contributed by atoms with van der Waals surface area (Å²) in [5, 5.41) is 14.1. The molecule has 0 atom stereocenters. The Hall–Kier alpha value is -1.92. The number of nitro benzene ring substituents is 1. The molecule has 0 aliphatic rings. The van der Waals surface area contributed by atoms with Gasteiger partial charge in [0.05, 0.1) is 4.92 Å². The molecule has 5 nitrogen and oxygen atoms in total. The summed E-state index contributed by atoms with van der Waals surface area (Å²) in [5.41, 5.74) is 1.77. The lowest BCUT2D eigenvalue weighted by molar-refractivity contribution is -0.386. The number of rotatable bonds is 6. The van der Waals surface area contributed by atoms with E-state index in [2.05, 4.69) is 21.2 Å². The maximum atomic E-state index is 11.1. The Morgan fingerprint density at radius 3 is 2.71 bits per heavy atom. The van der Waals surface area contributed by atoms with E-state index >= 15 is 0 Å². The third-order valence-electron chi connectivity index (χ3n) is 2.88. The van der Waals surface area contributed by atoms with Crippen molar-refractivity contribution in [1.29, 1.82) is 0 Å². The third kappa shape index (κ3) is 4.27. The van der Waals surface area contributed by atoms with Crippen LogP contribution >= 0.6 is 15.9 Å². The van der Waals surface area contributed by atoms with E-state index in [-0.39, 0.29) is 18.0 Å². The van der Waals surface area contributed by atoms with Gasteiger partial charge in [0.1, 0.15) is 6.61 Å². The summed E-state index contributed by atoms with van der Waals surface area (Å²) >= 11 is 3.38. The van der Waals surface area contributed by atoms with Crippen molar-refractivity contribution in [3.05, 3.63) is 68.2 Å². The Balaban J connectivity index is 2.17. The van der Waals surface area contributed by atoms with E-state index in [0.717, 1.165) is 15.6 Å². The van der Waals surface area contributed by atoms with E-state index in [9.17, 15) is 10.1 Å². The molecular formula is C15H15BrN2O3. The number of nitrogens with zero attached hydrogens (tertiary/aromatic N) is 1. The minimum atomic E-state index is -0.421. The molecule has 110 valence electrons. The monoisotopic (exact) mass is 350 g/mol. The largest absolute Gasteiger partial charge is 0.482 e. The molecule has 0 aromatic heterocycles. The smallest absolute Gasteiger partial charge is 0.311 e. The van der Waals surface area contributed by atoms with Crippen LogP contribution in [0.2, 0.25) is 0 Å². The molecule has 2 aromatic rings. The normalized spacial score (nSPS) is 10.4. The fourth-order valence-electron chi connectivity index (χ4n) is 1.93. The Kier molecular flexibility index (Phi) is 5.30. The predicted molar refractivity (Wildman–Crippen MR) is 84.3 cm³/mol. The highest BCUT2D eigenvalue weighted by Gasteiger charge is 2.16. The molecule has 0 heterocycles. The minimum Gasteiger partial charge on any atom is -0.482 e. The summed E-state index contributed by atoms with van der Waals surface area (Å²) in [5.74, 6) is 0.278. The zero-order valence-corrected chi connectivity index (χ0v) is 13.1. The molecule has 1 N–H and O–H groups in total. The highest BCUT2D eigenvalue weighted by molar-refractivity contribution is 9.10. The number of ether oxygens (including phenoxy) is 1. The zero-order chi connectivity index (χ0) is 15.2. The van der Waals surface area contributed by atoms with E-state index < -0.39 is 4.92 Å². The third-order valence-corrected chi connectivity index (χ3v) is 3.38. The van der Waals surface area contributed by atoms with Crippen LogP contribution < -0.4 is 10.1 Å². The summed E-state index contributed by atoms with van der Waals surface area (Å²) in [4.78, 5) is 10.7. The van der Waals surface area contributed by atoms with Crippen LogP contribution in [0.5, 0.6) is 5.75 Å². The van der Waals surface area contributed by atoms with Crippen molar-refractivity contribution in [3.63, 3.8) is 0 Å². The quantitative estimate of drug-likeness (QED) is 0.637. The number of hydrogen-bond acceptors (Lipinski definition) is 4. The Morgan fingerprint density at radius 1 is 1.24 bits per heavy atom. The average molecular weight is 351 g/mol. The molecule has 0 aliphatic heterocycles. The molecule has 6 heteroatoms. The van der Waals surface area contributed by atoms with Crippen molar-refractivity contribution >= 4 is 21.6 Å². The van der Waals surface area contributed by atoms with Gasteiger partial charge < -0.3 is 10.1 Å². The van der Waals surface area contributed by atoms with Crippen LogP contribution in [0.3, 0.4) is 0 Å². The van der Waals surface area contributed by atoms with Gasteiger partial charge in [-0.3, -0.25) is 10.1 Å². The lowest BCUT2D eigenvalue weighted by atomic mass is 10.2. The molecule has 0 saturated carbocycles. The summed E-state index contributed by atoms with van der Waals surface area (Å²) in [7, 11) is 1.80. The van der Waals surface area contributed by atoms with E-state index in [1.165, 1.54) is 6.07 Å². The number of benzene rings is 2. The zero-order valence-electron chi connectivity index (χ0n) is 11.5. The molecule has 21 heavy (non-hydrogen) atoms. The number of nitrogens with one attached hydrogen (secondary N) is 1. The summed E-state index contributed by atoms with van der Waals surface area (Å²) in [6.07, 6.45) is 0. The van der Waals surface area contributed by atoms with Gasteiger partial charge in [-0.15, -0.1) is 0 Å². The van der Waals surface area contributed by atoms with Gasteiger partial charge in [-0.2, -0.15) is 0 Å². The van der Waals surface area contributed by atoms with E-state index in [0.29, 0.717) is 6.54 Å². The van der Waals surface area contributed by atoms with Gasteiger partial charge in [0, 0.05) is 17.1 Å². The van der Waals surface area contributed by atoms with Crippen LogP contribution in [-0.2, 0) is 13.2 Å². The van der Waals surface area contributed by atoms with Crippen molar-refractivity contribution < 1.29 is 9.66 Å². The molecular weight excluding hydrogens is 336 g/mol. The van der Waals surface area contributed by atoms with Gasteiger partial charge in [-0.05, 0) is 36.4 Å². The molecule has 0 amide bonds. The van der Waals surface area contributed by atoms with Crippen LogP contribution in [0.1, 0.15) is 11.1 Å².